The van der Waals surface area contributed by atoms with Gasteiger partial charge in [-0.25, -0.2) is 38.4 Å². The third-order valence-electron chi connectivity index (χ3n) is 14.4. The first-order valence-corrected chi connectivity index (χ1v) is 28.9. The van der Waals surface area contributed by atoms with Gasteiger partial charge in [0, 0.05) is 41.6 Å². The van der Waals surface area contributed by atoms with Crippen molar-refractivity contribution in [1.29, 1.82) is 0 Å². The number of carbonyl (C=O) groups is 8. The molecule has 3 aromatic rings. The molecule has 3 heterocycles. The summed E-state index contributed by atoms with van der Waals surface area (Å²) in [6.45, 7) is 30.0. The second-order valence-corrected chi connectivity index (χ2v) is 22.3. The Hall–Kier alpha value is -7.48. The molecule has 2 aliphatic carbocycles. The molecule has 4 unspecified atom stereocenters. The van der Waals surface area contributed by atoms with Crippen molar-refractivity contribution in [1.82, 2.24) is 0 Å². The van der Waals surface area contributed by atoms with E-state index in [0.29, 0.717) is 45.7 Å². The van der Waals surface area contributed by atoms with E-state index >= 15 is 0 Å². The Balaban J connectivity index is 0.000000241. The molecule has 19 heteroatoms. The van der Waals surface area contributed by atoms with Crippen molar-refractivity contribution in [2.75, 3.05) is 46.2 Å². The zero-order valence-electron chi connectivity index (χ0n) is 49.7. The molecule has 2 saturated carbocycles. The van der Waals surface area contributed by atoms with Gasteiger partial charge in [0.05, 0.1) is 31.3 Å². The van der Waals surface area contributed by atoms with Crippen LogP contribution in [0.15, 0.2) is 133 Å². The second-order valence-electron chi connectivity index (χ2n) is 21.4. The predicted molar refractivity (Wildman–Crippen MR) is 314 cm³/mol. The normalized spacial score (nSPS) is 20.2. The van der Waals surface area contributed by atoms with Gasteiger partial charge in [-0.3, -0.25) is 0 Å². The summed E-state index contributed by atoms with van der Waals surface area (Å²) in [6, 6.07) is 21.5. The van der Waals surface area contributed by atoms with Crippen molar-refractivity contribution in [3.8, 4) is 0 Å². The number of esters is 8. The highest BCUT2D eigenvalue weighted by Crippen LogP contribution is 2.42. The summed E-state index contributed by atoms with van der Waals surface area (Å²) in [6.07, 6.45) is 10.1. The van der Waals surface area contributed by atoms with Crippen LogP contribution < -0.4 is 0 Å². The Morgan fingerprint density at radius 1 is 0.571 bits per heavy atom. The number of benzene rings is 2. The minimum Gasteiger partial charge on any atom is -0.452 e. The third kappa shape index (κ3) is 20.7. The van der Waals surface area contributed by atoms with Crippen LogP contribution in [0, 0.1) is 12.8 Å². The second kappa shape index (κ2) is 33.1. The smallest absolute Gasteiger partial charge is 0.348 e. The average Bonchev–Trinajstić information content (AvgIpc) is 3.18. The van der Waals surface area contributed by atoms with E-state index in [1.54, 1.807) is 13.0 Å². The number of ether oxygens (including phenoxy) is 10. The minimum absolute atomic E-state index is 0.245. The van der Waals surface area contributed by atoms with Gasteiger partial charge in [-0.1, -0.05) is 112 Å². The van der Waals surface area contributed by atoms with Gasteiger partial charge < -0.3 is 47.4 Å². The molecule has 1 aromatic heterocycles. The summed E-state index contributed by atoms with van der Waals surface area (Å²) in [5, 5.41) is 1.92. The SMILES string of the molecule is C=C(C)C(=O)OC(C)C(=O)OC1(c2ccccc2)CCCCC1.C=C(C)C(=O)OCC(=O)OC1(c2ccc(C)cc2)CCOCC1.C=C(C)C(=O)OCC(=O)OC1(c2cccs2)CCOC1.C=CC1(OC(=O)COC(=O)C(=C)C)CCCC1C. The Labute approximate surface area is 497 Å². The van der Waals surface area contributed by atoms with Crippen molar-refractivity contribution >= 4 is 59.1 Å². The predicted octanol–water partition coefficient (Wildman–Crippen LogP) is 11.0. The zero-order chi connectivity index (χ0) is 62.1. The molecule has 2 aromatic carbocycles. The maximum absolute atomic E-state index is 12.4. The summed E-state index contributed by atoms with van der Waals surface area (Å²) in [5.41, 5.74) is 1.41. The highest BCUT2D eigenvalue weighted by atomic mass is 32.1. The largest absolute Gasteiger partial charge is 0.452 e. The van der Waals surface area contributed by atoms with Crippen molar-refractivity contribution in [3.05, 3.63) is 155 Å². The molecule has 4 fully saturated rings. The monoisotopic (exact) mass is 1180 g/mol. The van der Waals surface area contributed by atoms with Crippen molar-refractivity contribution in [2.24, 2.45) is 5.92 Å². The van der Waals surface area contributed by atoms with Gasteiger partial charge in [-0.05, 0) is 121 Å². The van der Waals surface area contributed by atoms with Gasteiger partial charge in [-0.15, -0.1) is 11.3 Å². The van der Waals surface area contributed by atoms with Crippen LogP contribution in [-0.2, 0) is 103 Å². The molecular formula is C65H82O18S. The van der Waals surface area contributed by atoms with Crippen molar-refractivity contribution in [3.63, 3.8) is 0 Å². The molecule has 0 N–H and O–H groups in total. The van der Waals surface area contributed by atoms with E-state index in [1.165, 1.54) is 39.0 Å². The molecule has 4 atom stereocenters. The molecule has 2 saturated heterocycles. The van der Waals surface area contributed by atoms with Gasteiger partial charge in [0.25, 0.3) is 0 Å². The first-order valence-electron chi connectivity index (χ1n) is 28.0. The van der Waals surface area contributed by atoms with Gasteiger partial charge in [0.1, 0.15) is 16.8 Å². The summed E-state index contributed by atoms with van der Waals surface area (Å²) >= 11 is 1.51. The van der Waals surface area contributed by atoms with E-state index in [9.17, 15) is 38.4 Å². The molecule has 456 valence electrons. The molecule has 0 spiro atoms. The van der Waals surface area contributed by atoms with E-state index in [2.05, 4.69) is 32.9 Å². The van der Waals surface area contributed by atoms with E-state index in [4.69, 9.17) is 47.4 Å². The molecule has 84 heavy (non-hydrogen) atoms. The Morgan fingerprint density at radius 2 is 1.05 bits per heavy atom. The highest BCUT2D eigenvalue weighted by Gasteiger charge is 2.44. The topological polar surface area (TPSA) is 229 Å². The fraction of sp³-hybridized carbons (Fsp3) is 0.477. The number of rotatable bonds is 20. The van der Waals surface area contributed by atoms with Gasteiger partial charge in [0.2, 0.25) is 0 Å². The Kier molecular flexibility index (Phi) is 27.2. The van der Waals surface area contributed by atoms with Gasteiger partial charge >= 0.3 is 47.8 Å². The Morgan fingerprint density at radius 3 is 1.50 bits per heavy atom. The lowest BCUT2D eigenvalue weighted by atomic mass is 9.79. The van der Waals surface area contributed by atoms with Crippen LogP contribution in [0.25, 0.3) is 0 Å². The number of carbonyl (C=O) groups excluding carboxylic acids is 8. The standard InChI is InChI=1S/C19H24O4.C18H22O5.C14H16O5S.C14H20O4/c1-14(2)17(20)22-15(3)18(21)23-19(12-8-5-9-13-19)16-10-6-4-7-11-16;1-13(2)17(20)22-12-16(19)23-18(8-10-21-11-9-18)15-6-4-14(3)5-7-15;1-10(2)13(16)18-8-12(15)19-14(5-6-17-9-14)11-4-3-7-20-11;1-5-14(8-6-7-11(14)4)18-12(15)9-17-13(16)10(2)3/h4,6-7,10-11,15H,1,5,8-9,12-13H2,2-3H3;4-7H,1,8-12H2,2-3H3;3-4,7H,1,5-6,8-9H2,2H3;5,11H,1-2,6-9H2,3-4H3. The van der Waals surface area contributed by atoms with Crippen LogP contribution in [0.4, 0.5) is 0 Å². The molecule has 0 bridgehead atoms. The van der Waals surface area contributed by atoms with Crippen LogP contribution in [0.3, 0.4) is 0 Å². The van der Waals surface area contributed by atoms with E-state index in [-0.39, 0.29) is 34.8 Å². The number of aryl methyl sites for hydroxylation is 1. The number of thiophene rings is 1. The van der Waals surface area contributed by atoms with Crippen molar-refractivity contribution in [2.45, 2.75) is 148 Å². The van der Waals surface area contributed by atoms with E-state index in [1.807, 2.05) is 86.0 Å². The maximum Gasteiger partial charge on any atom is 0.348 e. The van der Waals surface area contributed by atoms with Crippen LogP contribution in [-0.4, -0.2) is 106 Å². The average molecular weight is 1180 g/mol. The molecule has 2 aliphatic heterocycles. The van der Waals surface area contributed by atoms with Crippen LogP contribution >= 0.6 is 11.3 Å². The number of hydrogen-bond donors (Lipinski definition) is 0. The summed E-state index contributed by atoms with van der Waals surface area (Å²) in [4.78, 5) is 94.3. The van der Waals surface area contributed by atoms with E-state index < -0.39 is 89.5 Å². The highest BCUT2D eigenvalue weighted by molar-refractivity contribution is 7.10. The summed E-state index contributed by atoms with van der Waals surface area (Å²) in [5.74, 6) is -4.32. The summed E-state index contributed by atoms with van der Waals surface area (Å²) in [7, 11) is 0. The first-order chi connectivity index (χ1) is 39.8. The Bertz CT molecular complexity index is 2770. The van der Waals surface area contributed by atoms with Gasteiger partial charge in [0.15, 0.2) is 31.5 Å². The number of hydrogen-bond acceptors (Lipinski definition) is 19. The fourth-order valence-corrected chi connectivity index (χ4v) is 10.3. The van der Waals surface area contributed by atoms with E-state index in [0.717, 1.165) is 72.9 Å². The fourth-order valence-electron chi connectivity index (χ4n) is 9.47. The molecule has 0 amide bonds. The quantitative estimate of drug-likeness (QED) is 0.0443. The molecule has 0 radical (unpaired) electrons. The molecule has 4 aliphatic rings. The van der Waals surface area contributed by atoms with Crippen LogP contribution in [0.5, 0.6) is 0 Å². The zero-order valence-corrected chi connectivity index (χ0v) is 50.5. The minimum atomic E-state index is -0.943. The summed E-state index contributed by atoms with van der Waals surface area (Å²) < 4.78 is 52.7. The van der Waals surface area contributed by atoms with Gasteiger partial charge in [-0.2, -0.15) is 0 Å². The molecule has 18 nitrogen and oxygen atoms in total. The van der Waals surface area contributed by atoms with Crippen molar-refractivity contribution < 1.29 is 85.7 Å². The molecular weight excluding hydrogens is 1100 g/mol. The third-order valence-corrected chi connectivity index (χ3v) is 15.4. The maximum atomic E-state index is 12.4. The molecule has 7 rings (SSSR count). The van der Waals surface area contributed by atoms with Crippen LogP contribution in [0.1, 0.15) is 134 Å². The lowest BCUT2D eigenvalue weighted by Gasteiger charge is -2.37. The lowest BCUT2D eigenvalue weighted by Crippen LogP contribution is -2.39. The first kappa shape index (κ1) is 69.0. The lowest BCUT2D eigenvalue weighted by molar-refractivity contribution is -0.181. The van der Waals surface area contributed by atoms with Crippen LogP contribution in [0.2, 0.25) is 0 Å².